The molecule has 0 amide bonds. The third kappa shape index (κ3) is 9.67. The summed E-state index contributed by atoms with van der Waals surface area (Å²) >= 11 is 0. The monoisotopic (exact) mass is 272 g/mol. The van der Waals surface area contributed by atoms with Gasteiger partial charge < -0.3 is 0 Å². The van der Waals surface area contributed by atoms with Gasteiger partial charge >= 0.3 is 7.82 Å². The van der Waals surface area contributed by atoms with Crippen LogP contribution in [0.25, 0.3) is 0 Å². The minimum atomic E-state index is -3.98. The van der Waals surface area contributed by atoms with E-state index in [9.17, 15) is 4.57 Å². The summed E-state index contributed by atoms with van der Waals surface area (Å²) in [6, 6.07) is 0. The fraction of sp³-hybridized carbons (Fsp3) is 1.00. The smallest absolute Gasteiger partial charge is 0.226 e. The topological polar surface area (TPSA) is 72.5 Å². The van der Waals surface area contributed by atoms with E-state index in [4.69, 9.17) is 0 Å². The van der Waals surface area contributed by atoms with Crippen molar-refractivity contribution >= 4 is 7.82 Å². The third-order valence-corrected chi connectivity index (χ3v) is 2.16. The molecule has 0 saturated heterocycles. The summed E-state index contributed by atoms with van der Waals surface area (Å²) in [6.07, 6.45) is 2.10. The molecule has 0 saturated carbocycles. The highest BCUT2D eigenvalue weighted by Gasteiger charge is 2.32. The van der Waals surface area contributed by atoms with Gasteiger partial charge in [-0.25, -0.2) is 19.2 Å². The van der Waals surface area contributed by atoms with E-state index in [0.29, 0.717) is 19.3 Å². The first-order valence-electron chi connectivity index (χ1n) is 5.72. The lowest BCUT2D eigenvalue weighted by Gasteiger charge is -2.13. The van der Waals surface area contributed by atoms with E-state index in [0.717, 1.165) is 0 Å². The molecule has 0 aliphatic carbocycles. The highest BCUT2D eigenvalue weighted by Crippen LogP contribution is 2.50. The van der Waals surface area contributed by atoms with Gasteiger partial charge in [-0.05, 0) is 19.3 Å². The van der Waals surface area contributed by atoms with Gasteiger partial charge in [-0.2, -0.15) is 0 Å². The zero-order valence-corrected chi connectivity index (χ0v) is 11.4. The molecule has 0 aliphatic heterocycles. The molecule has 0 unspecified atom stereocenters. The molecule has 0 bridgehead atoms. The number of phosphoric acid groups is 1. The van der Waals surface area contributed by atoms with Gasteiger partial charge in [0, 0.05) is 0 Å². The largest absolute Gasteiger partial charge is 0.556 e. The summed E-state index contributed by atoms with van der Waals surface area (Å²) < 4.78 is 25.4. The lowest BCUT2D eigenvalue weighted by Crippen LogP contribution is -2.04. The summed E-state index contributed by atoms with van der Waals surface area (Å²) in [6.45, 7) is 6.40. The highest BCUT2D eigenvalue weighted by molar-refractivity contribution is 7.48. The molecule has 17 heavy (non-hydrogen) atoms. The Morgan fingerprint density at radius 2 is 1.00 bits per heavy atom. The third-order valence-electron chi connectivity index (χ3n) is 1.29. The lowest BCUT2D eigenvalue weighted by molar-refractivity contribution is -0.324. The molecule has 0 N–H and O–H groups in total. The maximum Gasteiger partial charge on any atom is 0.556 e. The highest BCUT2D eigenvalue weighted by atomic mass is 31.2. The van der Waals surface area contributed by atoms with Crippen molar-refractivity contribution in [2.45, 2.75) is 40.0 Å². The summed E-state index contributed by atoms with van der Waals surface area (Å²) in [4.78, 5) is 13.9. The minimum Gasteiger partial charge on any atom is -0.226 e. The Bertz CT molecular complexity index is 178. The summed E-state index contributed by atoms with van der Waals surface area (Å²) in [5.41, 5.74) is 0. The molecule has 7 nitrogen and oxygen atoms in total. The van der Waals surface area contributed by atoms with Crippen molar-refractivity contribution < 1.29 is 33.3 Å². The quantitative estimate of drug-likeness (QED) is 0.234. The van der Waals surface area contributed by atoms with Crippen LogP contribution in [0.4, 0.5) is 0 Å². The van der Waals surface area contributed by atoms with Crippen molar-refractivity contribution in [1.82, 2.24) is 0 Å². The average molecular weight is 272 g/mol. The maximum absolute atomic E-state index is 11.8. The molecule has 0 heterocycles. The molecule has 0 spiro atoms. The first-order valence-corrected chi connectivity index (χ1v) is 7.18. The van der Waals surface area contributed by atoms with Crippen LogP contribution in [0, 0.1) is 0 Å². The second kappa shape index (κ2) is 11.1. The number of rotatable bonds is 12. The molecule has 0 fully saturated rings. The van der Waals surface area contributed by atoms with Crippen LogP contribution in [0.3, 0.4) is 0 Å². The van der Waals surface area contributed by atoms with Crippen LogP contribution in [0.1, 0.15) is 40.0 Å². The van der Waals surface area contributed by atoms with E-state index in [1.54, 1.807) is 0 Å². The van der Waals surface area contributed by atoms with Crippen molar-refractivity contribution in [1.29, 1.82) is 0 Å². The van der Waals surface area contributed by atoms with Gasteiger partial charge in [-0.15, -0.1) is 14.0 Å². The Kier molecular flexibility index (Phi) is 11.1. The van der Waals surface area contributed by atoms with Crippen LogP contribution >= 0.6 is 7.82 Å². The zero-order chi connectivity index (χ0) is 13.0. The Balaban J connectivity index is 4.00. The van der Waals surface area contributed by atoms with Gasteiger partial charge in [0.1, 0.15) is 0 Å². The molecular weight excluding hydrogens is 251 g/mol. The second-order valence-electron chi connectivity index (χ2n) is 3.14. The lowest BCUT2D eigenvalue weighted by atomic mass is 10.5. The Labute approximate surface area is 102 Å². The van der Waals surface area contributed by atoms with Crippen LogP contribution < -0.4 is 0 Å². The summed E-state index contributed by atoms with van der Waals surface area (Å²) in [5, 5.41) is 0. The van der Waals surface area contributed by atoms with Crippen LogP contribution in [0.2, 0.25) is 0 Å². The van der Waals surface area contributed by atoms with Crippen molar-refractivity contribution in [2.24, 2.45) is 0 Å². The number of hydrogen-bond acceptors (Lipinski definition) is 7. The normalized spacial score (nSPS) is 11.9. The molecule has 0 radical (unpaired) electrons. The Morgan fingerprint density at radius 1 is 0.706 bits per heavy atom. The van der Waals surface area contributed by atoms with E-state index in [2.05, 4.69) is 28.7 Å². The van der Waals surface area contributed by atoms with Crippen LogP contribution in [-0.2, 0) is 33.3 Å². The van der Waals surface area contributed by atoms with Gasteiger partial charge in [0.2, 0.25) is 0 Å². The van der Waals surface area contributed by atoms with Crippen molar-refractivity contribution in [3.8, 4) is 0 Å². The fourth-order valence-corrected chi connectivity index (χ4v) is 1.28. The fourth-order valence-electron chi connectivity index (χ4n) is 0.593. The van der Waals surface area contributed by atoms with Gasteiger partial charge in [0.05, 0.1) is 19.8 Å². The van der Waals surface area contributed by atoms with Crippen LogP contribution in [0.15, 0.2) is 0 Å². The Hall–Kier alpha value is -0.0100. The minimum absolute atomic E-state index is 0.262. The standard InChI is InChI=1S/C9H21O7P/c1-4-7-11-14-17(10,15-12-8-5-2)16-13-9-6-3/h4-9H2,1-3H3. The second-order valence-corrected chi connectivity index (χ2v) is 4.48. The van der Waals surface area contributed by atoms with E-state index in [1.807, 2.05) is 20.8 Å². The summed E-state index contributed by atoms with van der Waals surface area (Å²) in [5.74, 6) is 0. The van der Waals surface area contributed by atoms with E-state index < -0.39 is 7.82 Å². The van der Waals surface area contributed by atoms with Gasteiger partial charge in [-0.3, -0.25) is 0 Å². The molecule has 0 rings (SSSR count). The molecule has 0 aromatic heterocycles. The molecule has 104 valence electrons. The van der Waals surface area contributed by atoms with Crippen molar-refractivity contribution in [3.05, 3.63) is 0 Å². The van der Waals surface area contributed by atoms with Crippen LogP contribution in [-0.4, -0.2) is 19.8 Å². The molecule has 0 aromatic rings. The first kappa shape index (κ1) is 17.0. The first-order chi connectivity index (χ1) is 8.18. The van der Waals surface area contributed by atoms with Crippen molar-refractivity contribution in [2.75, 3.05) is 19.8 Å². The zero-order valence-electron chi connectivity index (χ0n) is 10.5. The molecular formula is C9H21O7P. The van der Waals surface area contributed by atoms with Gasteiger partial charge in [0.25, 0.3) is 0 Å². The summed E-state index contributed by atoms with van der Waals surface area (Å²) in [7, 11) is -3.98. The van der Waals surface area contributed by atoms with E-state index >= 15 is 0 Å². The average Bonchev–Trinajstić information content (AvgIpc) is 2.30. The van der Waals surface area contributed by atoms with Crippen LogP contribution in [0.5, 0.6) is 0 Å². The molecule has 0 atom stereocenters. The maximum atomic E-state index is 11.8. The van der Waals surface area contributed by atoms with E-state index in [1.165, 1.54) is 0 Å². The predicted octanol–water partition coefficient (Wildman–Crippen LogP) is 3.17. The molecule has 8 heteroatoms. The molecule has 0 aromatic carbocycles. The SMILES string of the molecule is CCCOOP(=O)(OOCCC)OOCCC. The van der Waals surface area contributed by atoms with Gasteiger partial charge in [0.15, 0.2) is 0 Å². The predicted molar refractivity (Wildman–Crippen MR) is 59.6 cm³/mol. The van der Waals surface area contributed by atoms with E-state index in [-0.39, 0.29) is 19.8 Å². The molecule has 0 aliphatic rings. The van der Waals surface area contributed by atoms with Gasteiger partial charge in [-0.1, -0.05) is 20.8 Å². The Morgan fingerprint density at radius 3 is 1.24 bits per heavy atom. The number of hydrogen-bond donors (Lipinski definition) is 0. The van der Waals surface area contributed by atoms with Crippen molar-refractivity contribution in [3.63, 3.8) is 0 Å².